The minimum atomic E-state index is -0.618. The number of nitrogens with zero attached hydrogens (tertiary/aromatic N) is 1. The van der Waals surface area contributed by atoms with E-state index in [9.17, 15) is 5.26 Å². The molecular weight excluding hydrogens is 240 g/mol. The summed E-state index contributed by atoms with van der Waals surface area (Å²) in [6.07, 6.45) is 0. The lowest BCUT2D eigenvalue weighted by molar-refractivity contribution is -0.0913. The molecule has 1 unspecified atom stereocenters. The van der Waals surface area contributed by atoms with E-state index in [1.54, 1.807) is 7.11 Å². The molecule has 0 radical (unpaired) electrons. The molecular formula is C15H20N2O2. The highest BCUT2D eigenvalue weighted by Gasteiger charge is 2.46. The summed E-state index contributed by atoms with van der Waals surface area (Å²) in [6.45, 7) is 5.04. The highest BCUT2D eigenvalue weighted by molar-refractivity contribution is 5.42. The maximum Gasteiger partial charge on any atom is 0.123 e. The molecule has 0 aliphatic carbocycles. The van der Waals surface area contributed by atoms with Gasteiger partial charge < -0.3 is 15.2 Å². The van der Waals surface area contributed by atoms with E-state index in [1.165, 1.54) is 5.56 Å². The van der Waals surface area contributed by atoms with E-state index < -0.39 is 5.41 Å². The van der Waals surface area contributed by atoms with E-state index in [0.717, 1.165) is 11.3 Å². The summed E-state index contributed by atoms with van der Waals surface area (Å²) in [7, 11) is 1.63. The van der Waals surface area contributed by atoms with Gasteiger partial charge in [0.15, 0.2) is 0 Å². The van der Waals surface area contributed by atoms with Gasteiger partial charge in [-0.3, -0.25) is 0 Å². The van der Waals surface area contributed by atoms with Crippen LogP contribution in [0, 0.1) is 16.7 Å². The first kappa shape index (κ1) is 13.9. The fourth-order valence-electron chi connectivity index (χ4n) is 2.28. The zero-order valence-electron chi connectivity index (χ0n) is 11.6. The van der Waals surface area contributed by atoms with E-state index in [0.29, 0.717) is 19.1 Å². The van der Waals surface area contributed by atoms with Crippen molar-refractivity contribution in [1.29, 1.82) is 5.26 Å². The van der Waals surface area contributed by atoms with Crippen molar-refractivity contribution in [3.05, 3.63) is 29.3 Å². The zero-order valence-corrected chi connectivity index (χ0v) is 11.6. The molecule has 1 fully saturated rings. The molecule has 0 aromatic heterocycles. The second-order valence-corrected chi connectivity index (χ2v) is 5.39. The molecule has 1 aromatic rings. The van der Waals surface area contributed by atoms with Crippen LogP contribution in [0.5, 0.6) is 5.75 Å². The van der Waals surface area contributed by atoms with Crippen molar-refractivity contribution < 1.29 is 9.47 Å². The van der Waals surface area contributed by atoms with Gasteiger partial charge >= 0.3 is 0 Å². The SMILES string of the molecule is COc1cc(C(C)C)ccc1C(N)C1(C#N)COC1. The van der Waals surface area contributed by atoms with Crippen molar-refractivity contribution in [2.24, 2.45) is 11.1 Å². The number of hydrogen-bond donors (Lipinski definition) is 1. The molecule has 1 aliphatic rings. The zero-order chi connectivity index (χ0) is 14.0. The minimum Gasteiger partial charge on any atom is -0.496 e. The lowest BCUT2D eigenvalue weighted by Crippen LogP contribution is -2.49. The molecule has 19 heavy (non-hydrogen) atoms. The maximum absolute atomic E-state index is 9.32. The van der Waals surface area contributed by atoms with Gasteiger partial charge in [0.1, 0.15) is 11.2 Å². The number of ether oxygens (including phenoxy) is 2. The van der Waals surface area contributed by atoms with E-state index in [4.69, 9.17) is 15.2 Å². The number of methoxy groups -OCH3 is 1. The Kier molecular flexibility index (Phi) is 3.79. The Balaban J connectivity index is 2.37. The summed E-state index contributed by atoms with van der Waals surface area (Å²) < 4.78 is 10.6. The number of hydrogen-bond acceptors (Lipinski definition) is 4. The third-order valence-electron chi connectivity index (χ3n) is 3.80. The Morgan fingerprint density at radius 3 is 2.53 bits per heavy atom. The molecule has 0 spiro atoms. The standard InChI is InChI=1S/C15H20N2O2/c1-10(2)11-4-5-12(13(6-11)18-3)14(17)15(7-16)8-19-9-15/h4-6,10,14H,8-9,17H2,1-3H3. The van der Waals surface area contributed by atoms with E-state index in [1.807, 2.05) is 18.2 Å². The van der Waals surface area contributed by atoms with Crippen LogP contribution in [0.2, 0.25) is 0 Å². The molecule has 2 rings (SSSR count). The van der Waals surface area contributed by atoms with Crippen LogP contribution < -0.4 is 10.5 Å². The van der Waals surface area contributed by atoms with Gasteiger partial charge in [0.25, 0.3) is 0 Å². The van der Waals surface area contributed by atoms with E-state index in [-0.39, 0.29) is 6.04 Å². The second-order valence-electron chi connectivity index (χ2n) is 5.39. The predicted molar refractivity (Wildman–Crippen MR) is 72.9 cm³/mol. The van der Waals surface area contributed by atoms with Crippen LogP contribution in [0.25, 0.3) is 0 Å². The van der Waals surface area contributed by atoms with Crippen molar-refractivity contribution in [2.45, 2.75) is 25.8 Å². The summed E-state index contributed by atoms with van der Waals surface area (Å²) >= 11 is 0. The summed E-state index contributed by atoms with van der Waals surface area (Å²) in [5, 5.41) is 9.32. The normalized spacial score (nSPS) is 18.5. The number of nitriles is 1. The highest BCUT2D eigenvalue weighted by Crippen LogP contribution is 2.42. The van der Waals surface area contributed by atoms with Crippen molar-refractivity contribution in [3.8, 4) is 11.8 Å². The van der Waals surface area contributed by atoms with E-state index in [2.05, 4.69) is 19.9 Å². The van der Waals surface area contributed by atoms with Crippen molar-refractivity contribution in [1.82, 2.24) is 0 Å². The minimum absolute atomic E-state index is 0.387. The lowest BCUT2D eigenvalue weighted by atomic mass is 9.76. The molecule has 0 amide bonds. The van der Waals surface area contributed by atoms with E-state index >= 15 is 0 Å². The number of benzene rings is 1. The topological polar surface area (TPSA) is 68.3 Å². The smallest absolute Gasteiger partial charge is 0.123 e. The third-order valence-corrected chi connectivity index (χ3v) is 3.80. The van der Waals surface area contributed by atoms with Gasteiger partial charge in [-0.25, -0.2) is 0 Å². The third kappa shape index (κ3) is 2.32. The average molecular weight is 260 g/mol. The van der Waals surface area contributed by atoms with Crippen molar-refractivity contribution in [2.75, 3.05) is 20.3 Å². The summed E-state index contributed by atoms with van der Waals surface area (Å²) in [6, 6.07) is 7.93. The van der Waals surface area contributed by atoms with Gasteiger partial charge in [-0.1, -0.05) is 26.0 Å². The molecule has 1 atom stereocenters. The molecule has 1 aromatic carbocycles. The molecule has 4 heteroatoms. The summed E-state index contributed by atoms with van der Waals surface area (Å²) in [5.41, 5.74) is 7.72. The maximum atomic E-state index is 9.32. The lowest BCUT2D eigenvalue weighted by Gasteiger charge is -2.40. The van der Waals surface area contributed by atoms with Crippen molar-refractivity contribution in [3.63, 3.8) is 0 Å². The molecule has 0 bridgehead atoms. The highest BCUT2D eigenvalue weighted by atomic mass is 16.5. The quantitative estimate of drug-likeness (QED) is 0.902. The van der Waals surface area contributed by atoms with Crippen LogP contribution in [0.15, 0.2) is 18.2 Å². The largest absolute Gasteiger partial charge is 0.496 e. The first-order valence-corrected chi connectivity index (χ1v) is 6.46. The molecule has 1 heterocycles. The molecule has 2 N–H and O–H groups in total. The van der Waals surface area contributed by atoms with Crippen LogP contribution in [-0.2, 0) is 4.74 Å². The first-order valence-electron chi connectivity index (χ1n) is 6.46. The molecule has 0 saturated carbocycles. The van der Waals surface area contributed by atoms with Gasteiger partial charge in [-0.15, -0.1) is 0 Å². The van der Waals surface area contributed by atoms with Gasteiger partial charge in [0.2, 0.25) is 0 Å². The first-order chi connectivity index (χ1) is 9.04. The molecule has 4 nitrogen and oxygen atoms in total. The second kappa shape index (κ2) is 5.20. The van der Waals surface area contributed by atoms with Gasteiger partial charge in [0, 0.05) is 5.56 Å². The Labute approximate surface area is 114 Å². The van der Waals surface area contributed by atoms with Gasteiger partial charge in [-0.2, -0.15) is 5.26 Å². The van der Waals surface area contributed by atoms with Crippen LogP contribution in [0.3, 0.4) is 0 Å². The number of rotatable bonds is 4. The van der Waals surface area contributed by atoms with Crippen LogP contribution in [0.4, 0.5) is 0 Å². The Morgan fingerprint density at radius 1 is 1.42 bits per heavy atom. The van der Waals surface area contributed by atoms with Gasteiger partial charge in [0.05, 0.1) is 32.4 Å². The Morgan fingerprint density at radius 2 is 2.11 bits per heavy atom. The van der Waals surface area contributed by atoms with Crippen LogP contribution in [-0.4, -0.2) is 20.3 Å². The van der Waals surface area contributed by atoms with Crippen LogP contribution >= 0.6 is 0 Å². The Hall–Kier alpha value is -1.57. The Bertz CT molecular complexity index is 501. The summed E-state index contributed by atoms with van der Waals surface area (Å²) in [4.78, 5) is 0. The predicted octanol–water partition coefficient (Wildman–Crippen LogP) is 2.36. The molecule has 1 aliphatic heterocycles. The van der Waals surface area contributed by atoms with Crippen molar-refractivity contribution >= 4 is 0 Å². The molecule has 1 saturated heterocycles. The summed E-state index contributed by atoms with van der Waals surface area (Å²) in [5.74, 6) is 1.18. The fraction of sp³-hybridized carbons (Fsp3) is 0.533. The monoisotopic (exact) mass is 260 g/mol. The van der Waals surface area contributed by atoms with Crippen LogP contribution in [0.1, 0.15) is 36.9 Å². The fourth-order valence-corrected chi connectivity index (χ4v) is 2.28. The average Bonchev–Trinajstić information content (AvgIpc) is 2.37. The molecule has 102 valence electrons. The number of nitrogens with two attached hydrogens (primary N) is 1. The van der Waals surface area contributed by atoms with Gasteiger partial charge in [-0.05, 0) is 17.5 Å².